The summed E-state index contributed by atoms with van der Waals surface area (Å²) in [4.78, 5) is 34.6. The van der Waals surface area contributed by atoms with Crippen molar-refractivity contribution in [2.45, 2.75) is 19.4 Å². The molecule has 1 heterocycles. The average Bonchev–Trinajstić information content (AvgIpc) is 2.83. The highest BCUT2D eigenvalue weighted by molar-refractivity contribution is 7.91. The van der Waals surface area contributed by atoms with Crippen molar-refractivity contribution in [3.8, 4) is 0 Å². The molecule has 4 N–H and O–H groups in total. The second-order valence-electron chi connectivity index (χ2n) is 5.74. The number of sulfone groups is 1. The van der Waals surface area contributed by atoms with Gasteiger partial charge in [0.15, 0.2) is 9.84 Å². The fourth-order valence-corrected chi connectivity index (χ4v) is 4.06. The van der Waals surface area contributed by atoms with E-state index in [1.165, 1.54) is 6.92 Å². The van der Waals surface area contributed by atoms with Gasteiger partial charge in [-0.3, -0.25) is 9.59 Å². The van der Waals surface area contributed by atoms with E-state index in [2.05, 4.69) is 21.3 Å². The third kappa shape index (κ3) is 6.42. The maximum absolute atomic E-state index is 11.9. The molecule has 9 nitrogen and oxygen atoms in total. The second-order valence-corrected chi connectivity index (χ2v) is 7.97. The molecule has 0 aliphatic carbocycles. The normalized spacial score (nSPS) is 18.2. The Kier molecular flexibility index (Phi) is 5.97. The lowest BCUT2D eigenvalue weighted by Gasteiger charge is -2.12. The van der Waals surface area contributed by atoms with Crippen LogP contribution in [0, 0.1) is 0 Å². The van der Waals surface area contributed by atoms with Gasteiger partial charge in [-0.25, -0.2) is 13.2 Å². The molecular weight excluding hydrogens is 348 g/mol. The Morgan fingerprint density at radius 1 is 1.16 bits per heavy atom. The maximum atomic E-state index is 11.9. The van der Waals surface area contributed by atoms with Gasteiger partial charge in [0.2, 0.25) is 11.8 Å². The van der Waals surface area contributed by atoms with E-state index in [-0.39, 0.29) is 24.0 Å². The maximum Gasteiger partial charge on any atom is 0.315 e. The molecular formula is C15H20N4O5S. The van der Waals surface area contributed by atoms with Gasteiger partial charge in [-0.05, 0) is 24.6 Å². The van der Waals surface area contributed by atoms with E-state index in [9.17, 15) is 22.8 Å². The van der Waals surface area contributed by atoms with E-state index in [0.29, 0.717) is 17.8 Å². The number of hydrogen-bond acceptors (Lipinski definition) is 5. The van der Waals surface area contributed by atoms with Crippen molar-refractivity contribution in [2.75, 3.05) is 28.7 Å². The summed E-state index contributed by atoms with van der Waals surface area (Å²) in [6, 6.07) is 5.56. The molecule has 1 saturated heterocycles. The van der Waals surface area contributed by atoms with Crippen LogP contribution >= 0.6 is 0 Å². The van der Waals surface area contributed by atoms with Crippen molar-refractivity contribution >= 4 is 39.1 Å². The number of benzene rings is 1. The molecule has 1 aromatic rings. The first-order valence-corrected chi connectivity index (χ1v) is 9.48. The zero-order valence-corrected chi connectivity index (χ0v) is 14.5. The fraction of sp³-hybridized carbons (Fsp3) is 0.400. The number of urea groups is 1. The minimum Gasteiger partial charge on any atom is -0.334 e. The van der Waals surface area contributed by atoms with Gasteiger partial charge in [0, 0.05) is 24.3 Å². The molecule has 136 valence electrons. The lowest BCUT2D eigenvalue weighted by Crippen LogP contribution is -2.45. The zero-order chi connectivity index (χ0) is 18.4. The van der Waals surface area contributed by atoms with Crippen LogP contribution in [0.1, 0.15) is 13.3 Å². The van der Waals surface area contributed by atoms with Crippen molar-refractivity contribution in [1.82, 2.24) is 10.6 Å². The smallest absolute Gasteiger partial charge is 0.315 e. The minimum absolute atomic E-state index is 0.0586. The highest BCUT2D eigenvalue weighted by Crippen LogP contribution is 2.14. The lowest BCUT2D eigenvalue weighted by atomic mass is 10.2. The highest BCUT2D eigenvalue weighted by Gasteiger charge is 2.28. The molecule has 0 radical (unpaired) electrons. The van der Waals surface area contributed by atoms with E-state index in [0.717, 1.165) is 0 Å². The van der Waals surface area contributed by atoms with Gasteiger partial charge in [-0.1, -0.05) is 6.07 Å². The third-order valence-corrected chi connectivity index (χ3v) is 5.21. The number of amides is 4. The Labute approximate surface area is 145 Å². The second kappa shape index (κ2) is 7.97. The first-order chi connectivity index (χ1) is 11.7. The molecule has 10 heteroatoms. The van der Waals surface area contributed by atoms with Crippen LogP contribution in [0.3, 0.4) is 0 Å². The number of rotatable bonds is 5. The predicted molar refractivity (Wildman–Crippen MR) is 93.0 cm³/mol. The molecule has 1 atom stereocenters. The van der Waals surface area contributed by atoms with Crippen molar-refractivity contribution < 1.29 is 22.8 Å². The summed E-state index contributed by atoms with van der Waals surface area (Å²) < 4.78 is 22.6. The SMILES string of the molecule is CC(=O)Nc1cccc(NC(=O)CNC(=O)N[C@@H]2CCS(=O)(=O)C2)c1. The molecule has 0 aromatic heterocycles. The summed E-state index contributed by atoms with van der Waals surface area (Å²) in [6.45, 7) is 1.11. The topological polar surface area (TPSA) is 133 Å². The van der Waals surface area contributed by atoms with Gasteiger partial charge in [0.05, 0.1) is 18.1 Å². The van der Waals surface area contributed by atoms with Gasteiger partial charge < -0.3 is 21.3 Å². The van der Waals surface area contributed by atoms with Crippen molar-refractivity contribution in [3.63, 3.8) is 0 Å². The number of carbonyl (C=O) groups is 3. The first kappa shape index (κ1) is 18.7. The predicted octanol–water partition coefficient (Wildman–Crippen LogP) is 0.0698. The molecule has 1 fully saturated rings. The summed E-state index contributed by atoms with van der Waals surface area (Å²) in [6.07, 6.45) is 0.373. The van der Waals surface area contributed by atoms with Crippen LogP contribution in [0.25, 0.3) is 0 Å². The van der Waals surface area contributed by atoms with E-state index in [1.807, 2.05) is 0 Å². The Hall–Kier alpha value is -2.62. The molecule has 0 saturated carbocycles. The molecule has 1 aliphatic heterocycles. The van der Waals surface area contributed by atoms with Gasteiger partial charge >= 0.3 is 6.03 Å². The number of nitrogens with one attached hydrogen (secondary N) is 4. The molecule has 4 amide bonds. The summed E-state index contributed by atoms with van der Waals surface area (Å²) in [5, 5.41) is 10.1. The molecule has 1 aliphatic rings. The summed E-state index contributed by atoms with van der Waals surface area (Å²) in [5.41, 5.74) is 1.01. The lowest BCUT2D eigenvalue weighted by molar-refractivity contribution is -0.115. The van der Waals surface area contributed by atoms with Crippen LogP contribution in [-0.4, -0.2) is 50.4 Å². The number of anilines is 2. The number of hydrogen-bond donors (Lipinski definition) is 4. The molecule has 1 aromatic carbocycles. The van der Waals surface area contributed by atoms with Crippen LogP contribution in [0.2, 0.25) is 0 Å². The monoisotopic (exact) mass is 368 g/mol. The van der Waals surface area contributed by atoms with Crippen LogP contribution in [-0.2, 0) is 19.4 Å². The van der Waals surface area contributed by atoms with Crippen LogP contribution < -0.4 is 21.3 Å². The Bertz CT molecular complexity index is 778. The summed E-state index contributed by atoms with van der Waals surface area (Å²) in [5.74, 6) is -0.698. The Morgan fingerprint density at radius 2 is 1.84 bits per heavy atom. The Morgan fingerprint density at radius 3 is 2.44 bits per heavy atom. The van der Waals surface area contributed by atoms with Gasteiger partial charge in [0.1, 0.15) is 0 Å². The highest BCUT2D eigenvalue weighted by atomic mass is 32.2. The standard InChI is InChI=1S/C15H20N4O5S/c1-10(20)17-11-3-2-4-12(7-11)18-14(21)8-16-15(22)19-13-5-6-25(23,24)9-13/h2-4,7,13H,5-6,8-9H2,1H3,(H,17,20)(H,18,21)(H2,16,19,22)/t13-/m1/s1. The third-order valence-electron chi connectivity index (χ3n) is 3.44. The molecule has 0 unspecified atom stereocenters. The zero-order valence-electron chi connectivity index (χ0n) is 13.7. The Balaban J connectivity index is 1.77. The fourth-order valence-electron chi connectivity index (χ4n) is 2.39. The van der Waals surface area contributed by atoms with Gasteiger partial charge in [-0.15, -0.1) is 0 Å². The van der Waals surface area contributed by atoms with E-state index < -0.39 is 27.8 Å². The average molecular weight is 368 g/mol. The summed E-state index contributed by atoms with van der Waals surface area (Å²) >= 11 is 0. The molecule has 2 rings (SSSR count). The van der Waals surface area contributed by atoms with Crippen LogP contribution in [0.5, 0.6) is 0 Å². The van der Waals surface area contributed by atoms with Gasteiger partial charge in [-0.2, -0.15) is 0 Å². The molecule has 0 spiro atoms. The van der Waals surface area contributed by atoms with E-state index >= 15 is 0 Å². The molecule has 0 bridgehead atoms. The summed E-state index contributed by atoms with van der Waals surface area (Å²) in [7, 11) is -3.08. The molecule has 25 heavy (non-hydrogen) atoms. The van der Waals surface area contributed by atoms with Crippen molar-refractivity contribution in [1.29, 1.82) is 0 Å². The largest absolute Gasteiger partial charge is 0.334 e. The van der Waals surface area contributed by atoms with Crippen LogP contribution in [0.15, 0.2) is 24.3 Å². The van der Waals surface area contributed by atoms with Gasteiger partial charge in [0.25, 0.3) is 0 Å². The first-order valence-electron chi connectivity index (χ1n) is 7.66. The minimum atomic E-state index is -3.08. The van der Waals surface area contributed by atoms with E-state index in [1.54, 1.807) is 24.3 Å². The van der Waals surface area contributed by atoms with Crippen molar-refractivity contribution in [3.05, 3.63) is 24.3 Å². The van der Waals surface area contributed by atoms with Crippen molar-refractivity contribution in [2.24, 2.45) is 0 Å². The number of carbonyl (C=O) groups excluding carboxylic acids is 3. The van der Waals surface area contributed by atoms with E-state index in [4.69, 9.17) is 0 Å². The van der Waals surface area contributed by atoms with Crippen LogP contribution in [0.4, 0.5) is 16.2 Å². The quantitative estimate of drug-likeness (QED) is 0.584.